The highest BCUT2D eigenvalue weighted by atomic mass is 16.1. The summed E-state index contributed by atoms with van der Waals surface area (Å²) in [4.78, 5) is 15.5. The molecule has 1 atom stereocenters. The third-order valence-electron chi connectivity index (χ3n) is 2.28. The number of hydrogen-bond acceptors (Lipinski definition) is 2. The van der Waals surface area contributed by atoms with E-state index in [2.05, 4.69) is 24.1 Å². The average molecular weight is 192 g/mol. The maximum Gasteiger partial charge on any atom is 0.253 e. The Morgan fingerprint density at radius 2 is 2.14 bits per heavy atom. The molecule has 3 nitrogen and oxygen atoms in total. The van der Waals surface area contributed by atoms with Crippen LogP contribution in [0, 0.1) is 5.92 Å². The van der Waals surface area contributed by atoms with Gasteiger partial charge in [-0.2, -0.15) is 0 Å². The highest BCUT2D eigenvalue weighted by Gasteiger charge is 2.11. The zero-order valence-electron chi connectivity index (χ0n) is 8.82. The van der Waals surface area contributed by atoms with Gasteiger partial charge in [0.15, 0.2) is 0 Å². The van der Waals surface area contributed by atoms with Crippen LogP contribution in [0.2, 0.25) is 0 Å². The van der Waals surface area contributed by atoms with E-state index in [1.165, 1.54) is 0 Å². The highest BCUT2D eigenvalue weighted by molar-refractivity contribution is 5.93. The van der Waals surface area contributed by atoms with Gasteiger partial charge in [-0.3, -0.25) is 9.78 Å². The van der Waals surface area contributed by atoms with E-state index in [9.17, 15) is 4.79 Å². The fourth-order valence-corrected chi connectivity index (χ4v) is 0.954. The van der Waals surface area contributed by atoms with E-state index in [4.69, 9.17) is 0 Å². The molecule has 0 saturated carbocycles. The summed E-state index contributed by atoms with van der Waals surface area (Å²) in [6.07, 6.45) is 3.23. The Balaban J connectivity index is 2.60. The molecule has 0 aliphatic rings. The molecule has 0 radical (unpaired) electrons. The number of aromatic nitrogens is 1. The minimum atomic E-state index is -0.0562. The van der Waals surface area contributed by atoms with Crippen molar-refractivity contribution in [1.82, 2.24) is 10.3 Å². The van der Waals surface area contributed by atoms with Gasteiger partial charge in [0.1, 0.15) is 0 Å². The normalized spacial score (nSPS) is 12.6. The molecule has 0 saturated heterocycles. The zero-order chi connectivity index (χ0) is 10.6. The molecule has 76 valence electrons. The number of hydrogen-bond donors (Lipinski definition) is 1. The van der Waals surface area contributed by atoms with Gasteiger partial charge in [0.25, 0.3) is 5.91 Å². The van der Waals surface area contributed by atoms with Gasteiger partial charge in [0, 0.05) is 18.4 Å². The van der Waals surface area contributed by atoms with Gasteiger partial charge >= 0.3 is 0 Å². The van der Waals surface area contributed by atoms with E-state index in [-0.39, 0.29) is 11.9 Å². The summed E-state index contributed by atoms with van der Waals surface area (Å²) >= 11 is 0. The van der Waals surface area contributed by atoms with E-state index in [1.54, 1.807) is 24.5 Å². The van der Waals surface area contributed by atoms with E-state index in [0.717, 1.165) is 0 Å². The van der Waals surface area contributed by atoms with Crippen molar-refractivity contribution in [2.75, 3.05) is 0 Å². The van der Waals surface area contributed by atoms with Crippen LogP contribution in [0.3, 0.4) is 0 Å². The number of pyridine rings is 1. The van der Waals surface area contributed by atoms with Crippen LogP contribution in [-0.2, 0) is 0 Å². The lowest BCUT2D eigenvalue weighted by Gasteiger charge is -2.17. The van der Waals surface area contributed by atoms with Gasteiger partial charge in [0.05, 0.1) is 5.56 Å². The fourth-order valence-electron chi connectivity index (χ4n) is 0.954. The lowest BCUT2D eigenvalue weighted by molar-refractivity contribution is 0.0930. The van der Waals surface area contributed by atoms with E-state index >= 15 is 0 Å². The number of rotatable bonds is 3. The quantitative estimate of drug-likeness (QED) is 0.794. The van der Waals surface area contributed by atoms with Crippen molar-refractivity contribution in [3.63, 3.8) is 0 Å². The van der Waals surface area contributed by atoms with Gasteiger partial charge in [-0.05, 0) is 25.0 Å². The first-order chi connectivity index (χ1) is 6.61. The first-order valence-corrected chi connectivity index (χ1v) is 4.82. The number of carbonyl (C=O) groups is 1. The van der Waals surface area contributed by atoms with Crippen molar-refractivity contribution in [2.45, 2.75) is 26.8 Å². The van der Waals surface area contributed by atoms with Gasteiger partial charge in [-0.25, -0.2) is 0 Å². The standard InChI is InChI=1S/C11H16N2O/c1-8(2)9(3)13-11(14)10-5-4-6-12-7-10/h4-9H,1-3H3,(H,13,14)/t9-/m1/s1. The molecule has 0 fully saturated rings. The summed E-state index contributed by atoms with van der Waals surface area (Å²) < 4.78 is 0. The van der Waals surface area contributed by atoms with Crippen molar-refractivity contribution >= 4 is 5.91 Å². The van der Waals surface area contributed by atoms with Crippen molar-refractivity contribution in [3.8, 4) is 0 Å². The Labute approximate surface area is 84.6 Å². The molecule has 0 unspecified atom stereocenters. The maximum atomic E-state index is 11.6. The number of amides is 1. The van der Waals surface area contributed by atoms with Crippen molar-refractivity contribution in [3.05, 3.63) is 30.1 Å². The lowest BCUT2D eigenvalue weighted by atomic mass is 10.1. The average Bonchev–Trinajstić information content (AvgIpc) is 2.19. The van der Waals surface area contributed by atoms with Crippen LogP contribution in [0.5, 0.6) is 0 Å². The van der Waals surface area contributed by atoms with Crippen LogP contribution >= 0.6 is 0 Å². The second-order valence-corrected chi connectivity index (χ2v) is 3.75. The molecule has 0 aliphatic carbocycles. The van der Waals surface area contributed by atoms with E-state index < -0.39 is 0 Å². The lowest BCUT2D eigenvalue weighted by Crippen LogP contribution is -2.36. The van der Waals surface area contributed by atoms with Crippen LogP contribution in [-0.4, -0.2) is 16.9 Å². The first-order valence-electron chi connectivity index (χ1n) is 4.82. The Hall–Kier alpha value is -1.38. The summed E-state index contributed by atoms with van der Waals surface area (Å²) in [6.45, 7) is 6.15. The van der Waals surface area contributed by atoms with Crippen LogP contribution < -0.4 is 5.32 Å². The van der Waals surface area contributed by atoms with Crippen molar-refractivity contribution in [1.29, 1.82) is 0 Å². The summed E-state index contributed by atoms with van der Waals surface area (Å²) in [7, 11) is 0. The van der Waals surface area contributed by atoms with E-state index in [0.29, 0.717) is 11.5 Å². The molecule has 1 aromatic heterocycles. The maximum absolute atomic E-state index is 11.6. The molecule has 1 N–H and O–H groups in total. The summed E-state index contributed by atoms with van der Waals surface area (Å²) in [5, 5.41) is 2.92. The Kier molecular flexibility index (Phi) is 3.63. The molecule has 3 heteroatoms. The van der Waals surface area contributed by atoms with Crippen LogP contribution in [0.15, 0.2) is 24.5 Å². The predicted octanol–water partition coefficient (Wildman–Crippen LogP) is 1.86. The number of nitrogens with zero attached hydrogens (tertiary/aromatic N) is 1. The van der Waals surface area contributed by atoms with Gasteiger partial charge in [-0.15, -0.1) is 0 Å². The number of nitrogens with one attached hydrogen (secondary N) is 1. The SMILES string of the molecule is CC(C)[C@@H](C)NC(=O)c1cccnc1. The summed E-state index contributed by atoms with van der Waals surface area (Å²) in [5.74, 6) is 0.384. The smallest absolute Gasteiger partial charge is 0.253 e. The van der Waals surface area contributed by atoms with Crippen LogP contribution in [0.25, 0.3) is 0 Å². The molecular formula is C11H16N2O. The van der Waals surface area contributed by atoms with Crippen LogP contribution in [0.4, 0.5) is 0 Å². The summed E-state index contributed by atoms with van der Waals surface area (Å²) in [6, 6.07) is 3.70. The number of carbonyl (C=O) groups excluding carboxylic acids is 1. The molecule has 1 aromatic rings. The Morgan fingerprint density at radius 3 is 2.64 bits per heavy atom. The summed E-state index contributed by atoms with van der Waals surface area (Å²) in [5.41, 5.74) is 0.611. The minimum Gasteiger partial charge on any atom is -0.349 e. The van der Waals surface area contributed by atoms with E-state index in [1.807, 2.05) is 6.92 Å². The van der Waals surface area contributed by atoms with Gasteiger partial charge < -0.3 is 5.32 Å². The molecule has 14 heavy (non-hydrogen) atoms. The zero-order valence-corrected chi connectivity index (χ0v) is 8.82. The third kappa shape index (κ3) is 2.83. The van der Waals surface area contributed by atoms with Crippen LogP contribution in [0.1, 0.15) is 31.1 Å². The molecule has 1 amide bonds. The first kappa shape index (κ1) is 10.7. The second kappa shape index (κ2) is 4.74. The molecule has 1 heterocycles. The molecule has 0 bridgehead atoms. The topological polar surface area (TPSA) is 42.0 Å². The fraction of sp³-hybridized carbons (Fsp3) is 0.455. The molecule has 0 spiro atoms. The van der Waals surface area contributed by atoms with Gasteiger partial charge in [0.2, 0.25) is 0 Å². The van der Waals surface area contributed by atoms with Gasteiger partial charge in [-0.1, -0.05) is 13.8 Å². The second-order valence-electron chi connectivity index (χ2n) is 3.75. The molecular weight excluding hydrogens is 176 g/mol. The molecule has 0 aromatic carbocycles. The van der Waals surface area contributed by atoms with Crippen molar-refractivity contribution < 1.29 is 4.79 Å². The monoisotopic (exact) mass is 192 g/mol. The van der Waals surface area contributed by atoms with Crippen molar-refractivity contribution in [2.24, 2.45) is 5.92 Å². The highest BCUT2D eigenvalue weighted by Crippen LogP contribution is 2.02. The third-order valence-corrected chi connectivity index (χ3v) is 2.28. The molecule has 0 aliphatic heterocycles. The Bertz CT molecular complexity index is 295. The Morgan fingerprint density at radius 1 is 1.43 bits per heavy atom. The predicted molar refractivity (Wildman–Crippen MR) is 56.0 cm³/mol. The minimum absolute atomic E-state index is 0.0562. The largest absolute Gasteiger partial charge is 0.349 e. The molecule has 1 rings (SSSR count).